The number of benzene rings is 1. The molecule has 1 aromatic carbocycles. The van der Waals surface area contributed by atoms with Gasteiger partial charge in [0.25, 0.3) is 0 Å². The Labute approximate surface area is 89.9 Å². The van der Waals surface area contributed by atoms with Crippen molar-refractivity contribution in [1.29, 1.82) is 0 Å². The van der Waals surface area contributed by atoms with E-state index >= 15 is 0 Å². The molecule has 0 aliphatic rings. The first-order chi connectivity index (χ1) is 6.65. The predicted molar refractivity (Wildman–Crippen MR) is 68.5 cm³/mol. The average molecular weight is 208 g/mol. The molecule has 0 fully saturated rings. The van der Waals surface area contributed by atoms with Crippen LogP contribution < -0.4 is 5.30 Å². The molecule has 1 atom stereocenters. The Morgan fingerprint density at radius 1 is 1.07 bits per heavy atom. The van der Waals surface area contributed by atoms with Gasteiger partial charge in [-0.05, 0) is 60.9 Å². The van der Waals surface area contributed by atoms with Gasteiger partial charge in [0, 0.05) is 0 Å². The molecule has 0 aromatic heterocycles. The van der Waals surface area contributed by atoms with Crippen LogP contribution in [-0.4, -0.2) is 6.66 Å². The Hall–Kier alpha value is -0.350. The molecule has 0 N–H and O–H groups in total. The summed E-state index contributed by atoms with van der Waals surface area (Å²) < 4.78 is 0. The van der Waals surface area contributed by atoms with Crippen LogP contribution in [-0.2, 0) is 12.8 Å². The van der Waals surface area contributed by atoms with Crippen molar-refractivity contribution in [3.63, 3.8) is 0 Å². The van der Waals surface area contributed by atoms with Crippen molar-refractivity contribution in [2.24, 2.45) is 0 Å². The van der Waals surface area contributed by atoms with Crippen LogP contribution in [0.1, 0.15) is 36.1 Å². The Kier molecular flexibility index (Phi) is 4.13. The molecule has 0 aliphatic carbocycles. The molecule has 0 saturated carbocycles. The second kappa shape index (κ2) is 4.94. The highest BCUT2D eigenvalue weighted by Gasteiger charge is 2.09. The second-order valence-corrected chi connectivity index (χ2v) is 4.82. The van der Waals surface area contributed by atoms with E-state index < -0.39 is 0 Å². The smallest absolute Gasteiger partial charge is 0.0237 e. The normalized spacial score (nSPS) is 11.5. The third kappa shape index (κ3) is 2.01. The highest BCUT2D eigenvalue weighted by Crippen LogP contribution is 2.22. The fourth-order valence-corrected chi connectivity index (χ4v) is 3.32. The molecule has 1 aromatic rings. The first-order valence-corrected chi connectivity index (χ1v) is 6.95. The van der Waals surface area contributed by atoms with Gasteiger partial charge in [0.05, 0.1) is 0 Å². The lowest BCUT2D eigenvalue weighted by atomic mass is 9.94. The summed E-state index contributed by atoms with van der Waals surface area (Å²) in [6.45, 7) is 11.3. The van der Waals surface area contributed by atoms with Crippen molar-refractivity contribution >= 4 is 13.9 Å². The van der Waals surface area contributed by atoms with Gasteiger partial charge in [-0.25, -0.2) is 0 Å². The van der Waals surface area contributed by atoms with Gasteiger partial charge < -0.3 is 0 Å². The van der Waals surface area contributed by atoms with E-state index in [4.69, 9.17) is 0 Å². The number of aryl methyl sites for hydroxylation is 1. The molecule has 1 heteroatoms. The monoisotopic (exact) mass is 208 g/mol. The second-order valence-electron chi connectivity index (χ2n) is 3.78. The highest BCUT2D eigenvalue weighted by atomic mass is 31.1. The van der Waals surface area contributed by atoms with E-state index in [1.165, 1.54) is 12.0 Å². The Bertz CT molecular complexity index is 326. The topological polar surface area (TPSA) is 0 Å². The first-order valence-electron chi connectivity index (χ1n) is 5.45. The molecule has 0 amide bonds. The Balaban J connectivity index is 3.39. The summed E-state index contributed by atoms with van der Waals surface area (Å²) in [6.07, 6.45) is 2.34. The molecule has 1 unspecified atom stereocenters. The first kappa shape index (κ1) is 11.7. The van der Waals surface area contributed by atoms with Crippen LogP contribution in [0.15, 0.2) is 6.07 Å². The summed E-state index contributed by atoms with van der Waals surface area (Å²) in [7, 11) is 0.926. The van der Waals surface area contributed by atoms with E-state index in [-0.39, 0.29) is 0 Å². The highest BCUT2D eigenvalue weighted by molar-refractivity contribution is 7.46. The van der Waals surface area contributed by atoms with Crippen molar-refractivity contribution in [1.82, 2.24) is 0 Å². The molecular weight excluding hydrogens is 187 g/mol. The van der Waals surface area contributed by atoms with Gasteiger partial charge >= 0.3 is 0 Å². The third-order valence-corrected chi connectivity index (χ3v) is 4.03. The Morgan fingerprint density at radius 3 is 2.07 bits per heavy atom. The third-order valence-electron chi connectivity index (χ3n) is 3.04. The fourth-order valence-electron chi connectivity index (χ4n) is 2.29. The predicted octanol–water partition coefficient (Wildman–Crippen LogP) is 3.36. The number of hydrogen-bond donors (Lipinski definition) is 0. The average Bonchev–Trinajstić information content (AvgIpc) is 2.17. The van der Waals surface area contributed by atoms with Crippen LogP contribution in [0.25, 0.3) is 0 Å². The minimum Gasteiger partial charge on any atom is -0.0933 e. The minimum atomic E-state index is 0.926. The van der Waals surface area contributed by atoms with Crippen molar-refractivity contribution in [2.75, 3.05) is 6.66 Å². The maximum Gasteiger partial charge on any atom is -0.0237 e. The van der Waals surface area contributed by atoms with Gasteiger partial charge in [-0.1, -0.05) is 28.5 Å². The number of hydrogen-bond acceptors (Lipinski definition) is 0. The van der Waals surface area contributed by atoms with Crippen molar-refractivity contribution < 1.29 is 0 Å². The van der Waals surface area contributed by atoms with E-state index in [1.54, 1.807) is 22.0 Å². The van der Waals surface area contributed by atoms with Crippen LogP contribution in [0.4, 0.5) is 0 Å². The fraction of sp³-hybridized carbons (Fsp3) is 0.538. The lowest BCUT2D eigenvalue weighted by Gasteiger charge is -2.16. The lowest BCUT2D eigenvalue weighted by Crippen LogP contribution is -2.10. The largest absolute Gasteiger partial charge is 0.0933 e. The van der Waals surface area contributed by atoms with E-state index in [0.29, 0.717) is 0 Å². The summed E-state index contributed by atoms with van der Waals surface area (Å²) in [5.41, 5.74) is 6.17. The number of rotatable bonds is 3. The molecule has 0 nitrogen and oxygen atoms in total. The van der Waals surface area contributed by atoms with Gasteiger partial charge in [0.2, 0.25) is 0 Å². The van der Waals surface area contributed by atoms with E-state index in [2.05, 4.69) is 40.4 Å². The van der Waals surface area contributed by atoms with Gasteiger partial charge in [-0.2, -0.15) is 0 Å². The van der Waals surface area contributed by atoms with Crippen molar-refractivity contribution in [3.8, 4) is 0 Å². The van der Waals surface area contributed by atoms with E-state index in [9.17, 15) is 0 Å². The standard InChI is InChI=1S/C13H21P/c1-6-11-9(3)8-13(14-5)12(7-2)10(11)4/h8,14H,6-7H2,1-5H3. The summed E-state index contributed by atoms with van der Waals surface area (Å²) in [6, 6.07) is 2.39. The molecule has 0 heterocycles. The molecule has 0 aliphatic heterocycles. The summed E-state index contributed by atoms with van der Waals surface area (Å²) >= 11 is 0. The summed E-state index contributed by atoms with van der Waals surface area (Å²) in [4.78, 5) is 0. The van der Waals surface area contributed by atoms with Crippen LogP contribution in [0.5, 0.6) is 0 Å². The minimum absolute atomic E-state index is 0.926. The molecule has 1 rings (SSSR count). The zero-order valence-corrected chi connectivity index (χ0v) is 11.0. The van der Waals surface area contributed by atoms with Crippen LogP contribution in [0.3, 0.4) is 0 Å². The maximum atomic E-state index is 2.39. The van der Waals surface area contributed by atoms with Gasteiger partial charge in [0.1, 0.15) is 0 Å². The molecule has 78 valence electrons. The lowest BCUT2D eigenvalue weighted by molar-refractivity contribution is 1.04. The molecule has 14 heavy (non-hydrogen) atoms. The van der Waals surface area contributed by atoms with Gasteiger partial charge in [-0.15, -0.1) is 0 Å². The van der Waals surface area contributed by atoms with Crippen LogP contribution in [0.2, 0.25) is 0 Å². The molecule has 0 saturated heterocycles. The SMILES string of the molecule is CCc1c(C)cc(PC)c(CC)c1C. The van der Waals surface area contributed by atoms with Gasteiger partial charge in [-0.3, -0.25) is 0 Å². The van der Waals surface area contributed by atoms with Crippen molar-refractivity contribution in [2.45, 2.75) is 40.5 Å². The van der Waals surface area contributed by atoms with Crippen LogP contribution >= 0.6 is 8.58 Å². The summed E-state index contributed by atoms with van der Waals surface area (Å²) in [5.74, 6) is 0. The maximum absolute atomic E-state index is 2.39. The molecular formula is C13H21P. The summed E-state index contributed by atoms with van der Waals surface area (Å²) in [5, 5.41) is 1.57. The zero-order chi connectivity index (χ0) is 10.7. The molecule has 0 bridgehead atoms. The molecule has 0 radical (unpaired) electrons. The van der Waals surface area contributed by atoms with Crippen LogP contribution in [0, 0.1) is 13.8 Å². The van der Waals surface area contributed by atoms with Gasteiger partial charge in [0.15, 0.2) is 0 Å². The Morgan fingerprint density at radius 2 is 1.64 bits per heavy atom. The van der Waals surface area contributed by atoms with Crippen molar-refractivity contribution in [3.05, 3.63) is 28.3 Å². The molecule has 0 spiro atoms. The van der Waals surface area contributed by atoms with E-state index in [1.807, 2.05) is 0 Å². The van der Waals surface area contributed by atoms with E-state index in [0.717, 1.165) is 15.0 Å². The quantitative estimate of drug-likeness (QED) is 0.668. The zero-order valence-electron chi connectivity index (χ0n) is 9.99.